The van der Waals surface area contributed by atoms with Crippen LogP contribution in [0.2, 0.25) is 10.0 Å². The molecular weight excluding hydrogens is 309 g/mol. The second kappa shape index (κ2) is 7.59. The molecule has 0 aliphatic heterocycles. The van der Waals surface area contributed by atoms with Gasteiger partial charge in [-0.2, -0.15) is 0 Å². The minimum absolute atomic E-state index is 0.222. The Bertz CT molecular complexity index is 607. The minimum atomic E-state index is -0.222. The SMILES string of the molecule is CCCNC(c1cc(Cl)ccc1Cl)c1nccnc1OC. The molecule has 1 heterocycles. The number of rotatable bonds is 6. The first-order chi connectivity index (χ1) is 10.2. The molecule has 6 heteroatoms. The highest BCUT2D eigenvalue weighted by molar-refractivity contribution is 6.33. The number of hydrogen-bond donors (Lipinski definition) is 1. The van der Waals surface area contributed by atoms with Crippen LogP contribution in [0.15, 0.2) is 30.6 Å². The molecule has 0 spiro atoms. The lowest BCUT2D eigenvalue weighted by Gasteiger charge is -2.21. The van der Waals surface area contributed by atoms with Crippen molar-refractivity contribution in [3.05, 3.63) is 51.9 Å². The van der Waals surface area contributed by atoms with E-state index in [1.54, 1.807) is 31.6 Å². The molecule has 0 aliphatic rings. The van der Waals surface area contributed by atoms with Crippen molar-refractivity contribution < 1.29 is 4.74 Å². The van der Waals surface area contributed by atoms with E-state index >= 15 is 0 Å². The zero-order valence-electron chi connectivity index (χ0n) is 11.9. The van der Waals surface area contributed by atoms with Crippen LogP contribution in [0.4, 0.5) is 0 Å². The first-order valence-electron chi connectivity index (χ1n) is 6.70. The fraction of sp³-hybridized carbons (Fsp3) is 0.333. The predicted octanol–water partition coefficient (Wildman–Crippen LogP) is 3.88. The van der Waals surface area contributed by atoms with E-state index in [9.17, 15) is 0 Å². The molecule has 1 aromatic heterocycles. The van der Waals surface area contributed by atoms with E-state index in [4.69, 9.17) is 27.9 Å². The van der Waals surface area contributed by atoms with Crippen LogP contribution in [-0.4, -0.2) is 23.6 Å². The summed E-state index contributed by atoms with van der Waals surface area (Å²) in [6.45, 7) is 2.91. The number of aromatic nitrogens is 2. The van der Waals surface area contributed by atoms with Crippen LogP contribution in [0.3, 0.4) is 0 Å². The molecule has 112 valence electrons. The van der Waals surface area contributed by atoms with Crippen molar-refractivity contribution >= 4 is 23.2 Å². The number of nitrogens with zero attached hydrogens (tertiary/aromatic N) is 2. The van der Waals surface area contributed by atoms with Gasteiger partial charge in [-0.25, -0.2) is 4.98 Å². The molecule has 2 rings (SSSR count). The van der Waals surface area contributed by atoms with Gasteiger partial charge in [0.1, 0.15) is 5.69 Å². The summed E-state index contributed by atoms with van der Waals surface area (Å²) in [6, 6.07) is 5.16. The Morgan fingerprint density at radius 1 is 1.24 bits per heavy atom. The molecular formula is C15H17Cl2N3O. The largest absolute Gasteiger partial charge is 0.480 e. The van der Waals surface area contributed by atoms with Crippen LogP contribution in [-0.2, 0) is 0 Å². The molecule has 0 saturated heterocycles. The Hall–Kier alpha value is -1.36. The molecule has 0 saturated carbocycles. The fourth-order valence-corrected chi connectivity index (χ4v) is 2.48. The van der Waals surface area contributed by atoms with Crippen molar-refractivity contribution in [1.29, 1.82) is 0 Å². The lowest BCUT2D eigenvalue weighted by atomic mass is 10.0. The summed E-state index contributed by atoms with van der Waals surface area (Å²) in [5, 5.41) is 4.67. The highest BCUT2D eigenvalue weighted by Crippen LogP contribution is 2.32. The summed E-state index contributed by atoms with van der Waals surface area (Å²) in [6.07, 6.45) is 4.22. The molecule has 1 N–H and O–H groups in total. The van der Waals surface area contributed by atoms with Crippen LogP contribution in [0.5, 0.6) is 5.88 Å². The average Bonchev–Trinajstić information content (AvgIpc) is 2.51. The second-order valence-corrected chi connectivity index (χ2v) is 5.35. The zero-order chi connectivity index (χ0) is 15.2. The van der Waals surface area contributed by atoms with Crippen molar-refractivity contribution in [1.82, 2.24) is 15.3 Å². The third-order valence-electron chi connectivity index (χ3n) is 3.03. The maximum atomic E-state index is 6.33. The summed E-state index contributed by atoms with van der Waals surface area (Å²) in [5.41, 5.74) is 1.55. The van der Waals surface area contributed by atoms with Gasteiger partial charge in [0.25, 0.3) is 0 Å². The zero-order valence-corrected chi connectivity index (χ0v) is 13.4. The van der Waals surface area contributed by atoms with Crippen LogP contribution in [0.1, 0.15) is 30.6 Å². The number of nitrogens with one attached hydrogen (secondary N) is 1. The first kappa shape index (κ1) is 16.0. The molecule has 0 aliphatic carbocycles. The molecule has 0 radical (unpaired) electrons. The van der Waals surface area contributed by atoms with E-state index < -0.39 is 0 Å². The van der Waals surface area contributed by atoms with Gasteiger partial charge in [-0.1, -0.05) is 30.1 Å². The maximum absolute atomic E-state index is 6.33. The number of halogens is 2. The monoisotopic (exact) mass is 325 g/mol. The van der Waals surface area contributed by atoms with E-state index in [1.807, 2.05) is 6.07 Å². The van der Waals surface area contributed by atoms with Crippen molar-refractivity contribution in [2.45, 2.75) is 19.4 Å². The summed E-state index contributed by atoms with van der Waals surface area (Å²) in [7, 11) is 1.57. The third-order valence-corrected chi connectivity index (χ3v) is 3.60. The van der Waals surface area contributed by atoms with Crippen molar-refractivity contribution in [2.75, 3.05) is 13.7 Å². The first-order valence-corrected chi connectivity index (χ1v) is 7.46. The summed E-state index contributed by atoms with van der Waals surface area (Å²) < 4.78 is 5.31. The number of methoxy groups -OCH3 is 1. The van der Waals surface area contributed by atoms with Gasteiger partial charge < -0.3 is 10.1 Å². The lowest BCUT2D eigenvalue weighted by Crippen LogP contribution is -2.25. The molecule has 21 heavy (non-hydrogen) atoms. The van der Waals surface area contributed by atoms with Gasteiger partial charge in [-0.15, -0.1) is 0 Å². The summed E-state index contributed by atoms with van der Waals surface area (Å²) in [5.74, 6) is 0.474. The van der Waals surface area contributed by atoms with Gasteiger partial charge in [0.05, 0.1) is 13.2 Å². The Labute approximate surface area is 134 Å². The smallest absolute Gasteiger partial charge is 0.237 e. The number of hydrogen-bond acceptors (Lipinski definition) is 4. The Morgan fingerprint density at radius 2 is 2.00 bits per heavy atom. The molecule has 1 unspecified atom stereocenters. The Balaban J connectivity index is 2.49. The fourth-order valence-electron chi connectivity index (χ4n) is 2.07. The van der Waals surface area contributed by atoms with Crippen molar-refractivity contribution in [3.8, 4) is 5.88 Å². The highest BCUT2D eigenvalue weighted by Gasteiger charge is 2.22. The van der Waals surface area contributed by atoms with Crippen molar-refractivity contribution in [3.63, 3.8) is 0 Å². The third kappa shape index (κ3) is 3.84. The molecule has 0 bridgehead atoms. The highest BCUT2D eigenvalue weighted by atomic mass is 35.5. The molecule has 2 aromatic rings. The van der Waals surface area contributed by atoms with Crippen LogP contribution >= 0.6 is 23.2 Å². The predicted molar refractivity (Wildman–Crippen MR) is 85.2 cm³/mol. The molecule has 0 amide bonds. The van der Waals surface area contributed by atoms with Crippen LogP contribution in [0, 0.1) is 0 Å². The van der Waals surface area contributed by atoms with E-state index in [0.717, 1.165) is 18.5 Å². The maximum Gasteiger partial charge on any atom is 0.237 e. The van der Waals surface area contributed by atoms with Crippen molar-refractivity contribution in [2.24, 2.45) is 0 Å². The Morgan fingerprint density at radius 3 is 2.71 bits per heavy atom. The standard InChI is InChI=1S/C15H17Cl2N3O/c1-3-6-18-13(11-9-10(16)4-5-12(11)17)14-15(21-2)20-8-7-19-14/h4-5,7-9,13,18H,3,6H2,1-2H3. The molecule has 1 atom stereocenters. The molecule has 0 fully saturated rings. The van der Waals surface area contributed by atoms with Gasteiger partial charge in [-0.3, -0.25) is 4.98 Å². The second-order valence-electron chi connectivity index (χ2n) is 4.50. The summed E-state index contributed by atoms with van der Waals surface area (Å²) >= 11 is 12.4. The summed E-state index contributed by atoms with van der Waals surface area (Å²) in [4.78, 5) is 8.60. The van der Waals surface area contributed by atoms with E-state index in [-0.39, 0.29) is 6.04 Å². The van der Waals surface area contributed by atoms with Gasteiger partial charge in [-0.05, 0) is 36.7 Å². The molecule has 1 aromatic carbocycles. The van der Waals surface area contributed by atoms with Gasteiger partial charge in [0.15, 0.2) is 0 Å². The minimum Gasteiger partial charge on any atom is -0.480 e. The average molecular weight is 326 g/mol. The van der Waals surface area contributed by atoms with Gasteiger partial charge >= 0.3 is 0 Å². The van der Waals surface area contributed by atoms with E-state index in [0.29, 0.717) is 21.6 Å². The quantitative estimate of drug-likeness (QED) is 0.875. The van der Waals surface area contributed by atoms with E-state index in [1.165, 1.54) is 0 Å². The van der Waals surface area contributed by atoms with E-state index in [2.05, 4.69) is 22.2 Å². The van der Waals surface area contributed by atoms with Gasteiger partial charge in [0, 0.05) is 22.4 Å². The topological polar surface area (TPSA) is 47.0 Å². The normalized spacial score (nSPS) is 12.2. The lowest BCUT2D eigenvalue weighted by molar-refractivity contribution is 0.382. The number of ether oxygens (including phenoxy) is 1. The van der Waals surface area contributed by atoms with Crippen LogP contribution in [0.25, 0.3) is 0 Å². The van der Waals surface area contributed by atoms with Gasteiger partial charge in [0.2, 0.25) is 5.88 Å². The number of benzene rings is 1. The Kier molecular flexibility index (Phi) is 5.79. The van der Waals surface area contributed by atoms with Crippen LogP contribution < -0.4 is 10.1 Å². The molecule has 4 nitrogen and oxygen atoms in total.